The van der Waals surface area contributed by atoms with Gasteiger partial charge in [-0.05, 0) is 57.2 Å². The van der Waals surface area contributed by atoms with Crippen molar-refractivity contribution in [3.8, 4) is 0 Å². The van der Waals surface area contributed by atoms with Crippen molar-refractivity contribution < 1.29 is 23.5 Å². The van der Waals surface area contributed by atoms with Crippen LogP contribution in [0.2, 0.25) is 0 Å². The number of Topliss-reactive ketones (excluding diaryl/α,β-unsaturated/α-hetero) is 1. The van der Waals surface area contributed by atoms with E-state index < -0.39 is 29.7 Å². The van der Waals surface area contributed by atoms with Gasteiger partial charge in [-0.1, -0.05) is 44.2 Å². The molecule has 0 aliphatic rings. The molecular weight excluding hydrogens is 452 g/mol. The van der Waals surface area contributed by atoms with Gasteiger partial charge in [-0.15, -0.1) is 11.8 Å². The largest absolute Gasteiger partial charge is 0.468 e. The highest BCUT2D eigenvalue weighted by Gasteiger charge is 2.29. The minimum absolute atomic E-state index is 0.0886. The Labute approximate surface area is 206 Å². The third kappa shape index (κ3) is 10.5. The second kappa shape index (κ2) is 13.2. The van der Waals surface area contributed by atoms with Crippen molar-refractivity contribution in [2.24, 2.45) is 5.92 Å². The molecule has 2 rings (SSSR count). The molecule has 2 unspecified atom stereocenters. The molecule has 2 N–H and O–H groups in total. The molecule has 2 atom stereocenters. The molecule has 0 bridgehead atoms. The molecule has 1 heterocycles. The predicted molar refractivity (Wildman–Crippen MR) is 135 cm³/mol. The summed E-state index contributed by atoms with van der Waals surface area (Å²) in [6.07, 6.45) is 1.73. The van der Waals surface area contributed by atoms with Crippen LogP contribution in [0.15, 0.2) is 53.1 Å². The van der Waals surface area contributed by atoms with Crippen LogP contribution in [0.5, 0.6) is 0 Å². The Kier molecular flexibility index (Phi) is 10.7. The van der Waals surface area contributed by atoms with Crippen molar-refractivity contribution in [1.82, 2.24) is 10.6 Å². The summed E-state index contributed by atoms with van der Waals surface area (Å²) < 4.78 is 10.6. The maximum atomic E-state index is 13.2. The molecule has 2 aromatic rings. The van der Waals surface area contributed by atoms with E-state index in [0.717, 1.165) is 11.3 Å². The first-order valence-corrected chi connectivity index (χ1v) is 12.7. The summed E-state index contributed by atoms with van der Waals surface area (Å²) in [5.41, 5.74) is 0.262. The van der Waals surface area contributed by atoms with Crippen LogP contribution >= 0.6 is 11.8 Å². The molecule has 0 fully saturated rings. The number of carbonyl (C=O) groups excluding carboxylic acids is 3. The van der Waals surface area contributed by atoms with E-state index in [1.807, 2.05) is 56.3 Å². The number of ether oxygens (including phenoxy) is 1. The highest BCUT2D eigenvalue weighted by atomic mass is 32.2. The fraction of sp³-hybridized carbons (Fsp3) is 0.500. The molecule has 0 aliphatic heterocycles. The normalized spacial score (nSPS) is 13.2. The van der Waals surface area contributed by atoms with E-state index in [4.69, 9.17) is 9.15 Å². The van der Waals surface area contributed by atoms with E-state index in [-0.39, 0.29) is 17.5 Å². The Bertz CT molecular complexity index is 907. The Morgan fingerprint density at radius 3 is 2.29 bits per heavy atom. The second-order valence-electron chi connectivity index (χ2n) is 9.62. The van der Waals surface area contributed by atoms with Crippen molar-refractivity contribution in [2.45, 2.75) is 70.9 Å². The number of amides is 2. The summed E-state index contributed by atoms with van der Waals surface area (Å²) in [5.74, 6) is 1.25. The standard InChI is InChI=1S/C26H36N2O5S/c1-18(2)14-22(28-25(31)33-26(3,4)5)24(30)27-21(15-19-10-7-6-8-11-19)23(29)17-34-16-20-12-9-13-32-20/h6-13,18,21-22H,14-17H2,1-5H3,(H,27,30)(H,28,31). The van der Waals surface area contributed by atoms with Crippen molar-refractivity contribution in [3.05, 3.63) is 60.1 Å². The van der Waals surface area contributed by atoms with Crippen LogP contribution in [0, 0.1) is 5.92 Å². The number of rotatable bonds is 12. The van der Waals surface area contributed by atoms with Gasteiger partial charge in [-0.25, -0.2) is 4.79 Å². The summed E-state index contributed by atoms with van der Waals surface area (Å²) in [4.78, 5) is 38.6. The Hall–Kier alpha value is -2.74. The first-order chi connectivity index (χ1) is 16.0. The lowest BCUT2D eigenvalue weighted by Gasteiger charge is -2.26. The molecule has 1 aromatic carbocycles. The predicted octanol–water partition coefficient (Wildman–Crippen LogP) is 4.75. The van der Waals surface area contributed by atoms with Crippen LogP contribution in [-0.2, 0) is 26.5 Å². The molecule has 8 heteroatoms. The van der Waals surface area contributed by atoms with Crippen LogP contribution in [0.3, 0.4) is 0 Å². The van der Waals surface area contributed by atoms with Gasteiger partial charge in [0.05, 0.1) is 23.8 Å². The summed E-state index contributed by atoms with van der Waals surface area (Å²) in [6.45, 7) is 9.22. The number of thioether (sulfide) groups is 1. The van der Waals surface area contributed by atoms with Crippen LogP contribution in [0.4, 0.5) is 4.79 Å². The fourth-order valence-electron chi connectivity index (χ4n) is 3.27. The van der Waals surface area contributed by atoms with E-state index in [0.29, 0.717) is 18.6 Å². The number of furan rings is 1. The number of nitrogens with one attached hydrogen (secondary N) is 2. The molecule has 7 nitrogen and oxygen atoms in total. The van der Waals surface area contributed by atoms with Crippen molar-refractivity contribution in [3.63, 3.8) is 0 Å². The van der Waals surface area contributed by atoms with E-state index in [2.05, 4.69) is 10.6 Å². The Morgan fingerprint density at radius 1 is 1.00 bits per heavy atom. The van der Waals surface area contributed by atoms with Crippen molar-refractivity contribution in [1.29, 1.82) is 0 Å². The average Bonchev–Trinajstić information content (AvgIpc) is 3.25. The minimum atomic E-state index is -0.809. The van der Waals surface area contributed by atoms with E-state index in [1.54, 1.807) is 27.0 Å². The molecule has 34 heavy (non-hydrogen) atoms. The Morgan fingerprint density at radius 2 is 1.71 bits per heavy atom. The zero-order chi connectivity index (χ0) is 25.1. The van der Waals surface area contributed by atoms with E-state index >= 15 is 0 Å². The molecule has 0 saturated carbocycles. The third-order valence-corrected chi connectivity index (χ3v) is 5.75. The smallest absolute Gasteiger partial charge is 0.408 e. The zero-order valence-electron chi connectivity index (χ0n) is 20.6. The van der Waals surface area contributed by atoms with E-state index in [1.165, 1.54) is 11.8 Å². The molecule has 2 amide bonds. The first kappa shape index (κ1) is 27.5. The van der Waals surface area contributed by atoms with Gasteiger partial charge in [0.25, 0.3) is 0 Å². The van der Waals surface area contributed by atoms with Gasteiger partial charge in [0.2, 0.25) is 5.91 Å². The molecule has 186 valence electrons. The Balaban J connectivity index is 2.09. The number of carbonyl (C=O) groups is 3. The highest BCUT2D eigenvalue weighted by Crippen LogP contribution is 2.15. The fourth-order valence-corrected chi connectivity index (χ4v) is 4.14. The quantitative estimate of drug-likeness (QED) is 0.448. The maximum Gasteiger partial charge on any atom is 0.408 e. The van der Waals surface area contributed by atoms with Gasteiger partial charge in [0.15, 0.2) is 5.78 Å². The summed E-state index contributed by atoms with van der Waals surface area (Å²) in [7, 11) is 0. The molecule has 1 aromatic heterocycles. The van der Waals surface area contributed by atoms with Gasteiger partial charge >= 0.3 is 6.09 Å². The average molecular weight is 489 g/mol. The van der Waals surface area contributed by atoms with Crippen LogP contribution in [-0.4, -0.2) is 41.2 Å². The first-order valence-electron chi connectivity index (χ1n) is 11.5. The number of hydrogen-bond acceptors (Lipinski definition) is 6. The monoisotopic (exact) mass is 488 g/mol. The molecule has 0 aliphatic carbocycles. The van der Waals surface area contributed by atoms with Crippen LogP contribution < -0.4 is 10.6 Å². The van der Waals surface area contributed by atoms with Gasteiger partial charge in [-0.2, -0.15) is 0 Å². The lowest BCUT2D eigenvalue weighted by atomic mass is 10.00. The van der Waals surface area contributed by atoms with Gasteiger partial charge in [0.1, 0.15) is 17.4 Å². The van der Waals surface area contributed by atoms with Gasteiger partial charge in [-0.3, -0.25) is 9.59 Å². The minimum Gasteiger partial charge on any atom is -0.468 e. The van der Waals surface area contributed by atoms with Crippen molar-refractivity contribution >= 4 is 29.5 Å². The molecule has 0 saturated heterocycles. The zero-order valence-corrected chi connectivity index (χ0v) is 21.4. The maximum absolute atomic E-state index is 13.2. The van der Waals surface area contributed by atoms with Gasteiger partial charge in [0, 0.05) is 0 Å². The second-order valence-corrected chi connectivity index (χ2v) is 10.6. The third-order valence-electron chi connectivity index (χ3n) is 4.77. The summed E-state index contributed by atoms with van der Waals surface area (Å²) in [6, 6.07) is 11.7. The SMILES string of the molecule is CC(C)CC(NC(=O)OC(C)(C)C)C(=O)NC(Cc1ccccc1)C(=O)CSCc1ccco1. The van der Waals surface area contributed by atoms with Crippen LogP contribution in [0.1, 0.15) is 52.4 Å². The summed E-state index contributed by atoms with van der Waals surface area (Å²) in [5, 5.41) is 5.56. The van der Waals surface area contributed by atoms with Crippen LogP contribution in [0.25, 0.3) is 0 Å². The lowest BCUT2D eigenvalue weighted by Crippen LogP contribution is -2.53. The van der Waals surface area contributed by atoms with Crippen molar-refractivity contribution in [2.75, 3.05) is 5.75 Å². The highest BCUT2D eigenvalue weighted by molar-refractivity contribution is 7.99. The molecular formula is C26H36N2O5S. The molecule has 0 radical (unpaired) electrons. The van der Waals surface area contributed by atoms with Gasteiger partial charge < -0.3 is 19.8 Å². The van der Waals surface area contributed by atoms with E-state index in [9.17, 15) is 14.4 Å². The lowest BCUT2D eigenvalue weighted by molar-refractivity contribution is -0.128. The molecule has 0 spiro atoms. The summed E-state index contributed by atoms with van der Waals surface area (Å²) >= 11 is 1.44. The number of alkyl carbamates (subject to hydrolysis) is 1. The number of ketones is 1. The number of benzene rings is 1. The number of hydrogen-bond donors (Lipinski definition) is 2. The topological polar surface area (TPSA) is 97.6 Å².